The van der Waals surface area contributed by atoms with Gasteiger partial charge in [-0.05, 0) is 72.3 Å². The molecule has 1 fully saturated rings. The van der Waals surface area contributed by atoms with Gasteiger partial charge in [0.25, 0.3) is 11.9 Å². The molecule has 0 bridgehead atoms. The van der Waals surface area contributed by atoms with E-state index in [2.05, 4.69) is 11.5 Å². The first-order valence-electron chi connectivity index (χ1n) is 10.6. The van der Waals surface area contributed by atoms with Crippen LogP contribution in [-0.4, -0.2) is 37.6 Å². The fourth-order valence-electron chi connectivity index (χ4n) is 3.60. The maximum Gasteiger partial charge on any atom is 0.298 e. The van der Waals surface area contributed by atoms with E-state index in [9.17, 15) is 4.79 Å². The molecule has 3 aromatic carbocycles. The first kappa shape index (κ1) is 22.7. The normalized spacial score (nSPS) is 14.2. The predicted octanol–water partition coefficient (Wildman–Crippen LogP) is 5.49. The van der Waals surface area contributed by atoms with Gasteiger partial charge < -0.3 is 19.1 Å². The Morgan fingerprint density at radius 2 is 1.35 bits per heavy atom. The fraction of sp³-hybridized carbons (Fsp3) is 0.111. The minimum atomic E-state index is -0.355. The Bertz CT molecular complexity index is 1170. The molecule has 0 unspecified atom stereocenters. The molecule has 34 heavy (non-hydrogen) atoms. The van der Waals surface area contributed by atoms with Crippen molar-refractivity contribution in [3.8, 4) is 11.5 Å². The van der Waals surface area contributed by atoms with Crippen molar-refractivity contribution in [3.05, 3.63) is 96.8 Å². The van der Waals surface area contributed by atoms with E-state index in [4.69, 9.17) is 19.6 Å². The molecule has 7 nitrogen and oxygen atoms in total. The summed E-state index contributed by atoms with van der Waals surface area (Å²) in [6, 6.07) is 23.2. The van der Waals surface area contributed by atoms with Crippen LogP contribution in [0.4, 0.5) is 17.1 Å². The van der Waals surface area contributed by atoms with Gasteiger partial charge in [-0.2, -0.15) is 0 Å². The van der Waals surface area contributed by atoms with Gasteiger partial charge in [0.1, 0.15) is 11.5 Å². The summed E-state index contributed by atoms with van der Waals surface area (Å²) in [6.45, 7) is 3.84. The first-order valence-corrected chi connectivity index (χ1v) is 10.6. The minimum absolute atomic E-state index is 0.113. The smallest absolute Gasteiger partial charge is 0.298 e. The number of nitrogens with one attached hydrogen (secondary N) is 1. The third kappa shape index (κ3) is 4.63. The molecule has 1 saturated heterocycles. The highest BCUT2D eigenvalue weighted by Gasteiger charge is 2.32. The highest BCUT2D eigenvalue weighted by atomic mass is 16.5. The number of hydrogen-bond donors (Lipinski definition) is 1. The molecule has 1 aliphatic rings. The molecule has 1 N–H and O–H groups in total. The number of benzene rings is 3. The van der Waals surface area contributed by atoms with E-state index in [1.807, 2.05) is 72.8 Å². The molecule has 172 valence electrons. The zero-order valence-electron chi connectivity index (χ0n) is 19.0. The van der Waals surface area contributed by atoms with Crippen molar-refractivity contribution in [2.24, 2.45) is 0 Å². The number of ether oxygens (including phenoxy) is 3. The maximum atomic E-state index is 12.5. The summed E-state index contributed by atoms with van der Waals surface area (Å²) in [7, 11) is 3.28. The minimum Gasteiger partial charge on any atom is -0.497 e. The number of hydrogen-bond acceptors (Lipinski definition) is 6. The van der Waals surface area contributed by atoms with Crippen LogP contribution in [0.15, 0.2) is 91.2 Å². The van der Waals surface area contributed by atoms with Crippen LogP contribution >= 0.6 is 0 Å². The van der Waals surface area contributed by atoms with Gasteiger partial charge >= 0.3 is 0 Å². The number of nitrogens with zero attached hydrogens (tertiary/aromatic N) is 2. The molecule has 7 heteroatoms. The van der Waals surface area contributed by atoms with E-state index in [1.165, 1.54) is 4.90 Å². The number of carbonyl (C=O) groups is 1. The molecule has 0 atom stereocenters. The van der Waals surface area contributed by atoms with Crippen molar-refractivity contribution in [2.45, 2.75) is 0 Å². The number of amides is 1. The van der Waals surface area contributed by atoms with Gasteiger partial charge in [-0.15, -0.1) is 6.58 Å². The van der Waals surface area contributed by atoms with Crippen molar-refractivity contribution in [1.82, 2.24) is 4.90 Å². The van der Waals surface area contributed by atoms with Crippen LogP contribution in [0.5, 0.6) is 11.5 Å². The van der Waals surface area contributed by atoms with Crippen molar-refractivity contribution < 1.29 is 19.0 Å². The van der Waals surface area contributed by atoms with Gasteiger partial charge in [-0.1, -0.05) is 18.2 Å². The number of methoxy groups -OCH3 is 2. The zero-order chi connectivity index (χ0) is 24.1. The lowest BCUT2D eigenvalue weighted by molar-refractivity contribution is -0.122. The second-order valence-corrected chi connectivity index (χ2v) is 7.44. The molecular formula is C27H25N3O4. The quantitative estimate of drug-likeness (QED) is 0.359. The highest BCUT2D eigenvalue weighted by molar-refractivity contribution is 6.10. The van der Waals surface area contributed by atoms with E-state index in [0.717, 1.165) is 34.1 Å². The number of amidine groups is 1. The molecule has 0 aromatic heterocycles. The van der Waals surface area contributed by atoms with Crippen LogP contribution in [-0.2, 0) is 9.53 Å². The fourth-order valence-corrected chi connectivity index (χ4v) is 3.60. The van der Waals surface area contributed by atoms with Gasteiger partial charge in [-0.3, -0.25) is 15.1 Å². The Morgan fingerprint density at radius 3 is 1.79 bits per heavy atom. The molecule has 1 aliphatic heterocycles. The van der Waals surface area contributed by atoms with Crippen LogP contribution < -0.4 is 14.4 Å². The van der Waals surface area contributed by atoms with Crippen molar-refractivity contribution in [3.63, 3.8) is 0 Å². The molecular weight excluding hydrogens is 430 g/mol. The van der Waals surface area contributed by atoms with Crippen LogP contribution in [0.25, 0.3) is 6.08 Å². The summed E-state index contributed by atoms with van der Waals surface area (Å²) in [4.78, 5) is 15.8. The lowest BCUT2D eigenvalue weighted by Gasteiger charge is -2.26. The average Bonchev–Trinajstić information content (AvgIpc) is 3.13. The largest absolute Gasteiger partial charge is 0.497 e. The molecule has 0 radical (unpaired) electrons. The van der Waals surface area contributed by atoms with E-state index < -0.39 is 0 Å². The van der Waals surface area contributed by atoms with E-state index in [0.29, 0.717) is 0 Å². The van der Waals surface area contributed by atoms with Gasteiger partial charge in [0.2, 0.25) is 0 Å². The summed E-state index contributed by atoms with van der Waals surface area (Å²) >= 11 is 0. The van der Waals surface area contributed by atoms with Crippen LogP contribution in [0, 0.1) is 5.41 Å². The number of anilines is 3. The number of carbonyl (C=O) groups excluding carboxylic acids is 1. The lowest BCUT2D eigenvalue weighted by Crippen LogP contribution is -2.29. The SMILES string of the molecule is C=CCN1C(=N)O/C(=C/c2ccc(N(c3ccc(OC)cc3)c3ccc(OC)cc3)cc2)C1=O. The van der Waals surface area contributed by atoms with Gasteiger partial charge in [0.05, 0.1) is 14.2 Å². The Morgan fingerprint density at radius 1 is 0.882 bits per heavy atom. The zero-order valence-corrected chi connectivity index (χ0v) is 19.0. The molecule has 3 aromatic rings. The third-order valence-corrected chi connectivity index (χ3v) is 5.33. The number of rotatable bonds is 8. The summed E-state index contributed by atoms with van der Waals surface area (Å²) in [5.74, 6) is 1.31. The standard InChI is InChI=1S/C27H25N3O4/c1-4-17-29-26(31)25(34-27(29)28)18-19-5-7-20(8-6-19)30(21-9-13-23(32-2)14-10-21)22-11-15-24(33-3)16-12-22/h4-16,18,28H,1,17H2,2-3H3/b25-18+,28-27?. The molecule has 0 aliphatic carbocycles. The van der Waals surface area contributed by atoms with Crippen molar-refractivity contribution >= 4 is 35.1 Å². The molecule has 1 heterocycles. The topological polar surface area (TPSA) is 75.1 Å². The summed E-state index contributed by atoms with van der Waals surface area (Å²) in [5, 5.41) is 7.84. The first-order chi connectivity index (χ1) is 16.5. The molecule has 1 amide bonds. The maximum absolute atomic E-state index is 12.5. The Hall–Kier alpha value is -4.52. The molecule has 0 spiro atoms. The van der Waals surface area contributed by atoms with Gasteiger partial charge in [-0.25, -0.2) is 0 Å². The van der Waals surface area contributed by atoms with Crippen LogP contribution in [0.2, 0.25) is 0 Å². The van der Waals surface area contributed by atoms with Crippen molar-refractivity contribution in [2.75, 3.05) is 25.7 Å². The highest BCUT2D eigenvalue weighted by Crippen LogP contribution is 2.36. The van der Waals surface area contributed by atoms with Crippen LogP contribution in [0.3, 0.4) is 0 Å². The Balaban J connectivity index is 1.66. The molecule has 4 rings (SSSR count). The second kappa shape index (κ2) is 9.95. The van der Waals surface area contributed by atoms with Gasteiger partial charge in [0, 0.05) is 23.6 Å². The summed E-state index contributed by atoms with van der Waals surface area (Å²) in [5.41, 5.74) is 3.63. The second-order valence-electron chi connectivity index (χ2n) is 7.44. The van der Waals surface area contributed by atoms with E-state index in [-0.39, 0.29) is 24.2 Å². The molecule has 0 saturated carbocycles. The van der Waals surface area contributed by atoms with E-state index >= 15 is 0 Å². The summed E-state index contributed by atoms with van der Waals surface area (Å²) in [6.07, 6.45) is 3.19. The Kier molecular flexibility index (Phi) is 6.64. The van der Waals surface area contributed by atoms with Gasteiger partial charge in [0.15, 0.2) is 5.76 Å². The average molecular weight is 456 g/mol. The predicted molar refractivity (Wildman–Crippen MR) is 133 cm³/mol. The lowest BCUT2D eigenvalue weighted by atomic mass is 10.1. The van der Waals surface area contributed by atoms with Crippen LogP contribution in [0.1, 0.15) is 5.56 Å². The summed E-state index contributed by atoms with van der Waals surface area (Å²) < 4.78 is 15.9. The van der Waals surface area contributed by atoms with E-state index in [1.54, 1.807) is 26.4 Å². The van der Waals surface area contributed by atoms with Crippen molar-refractivity contribution in [1.29, 1.82) is 5.41 Å². The third-order valence-electron chi connectivity index (χ3n) is 5.33. The monoisotopic (exact) mass is 455 g/mol. The Labute approximate surface area is 198 Å².